The van der Waals surface area contributed by atoms with Crippen LogP contribution < -0.4 is 10.6 Å². The molecule has 0 radical (unpaired) electrons. The zero-order valence-electron chi connectivity index (χ0n) is 20.5. The van der Waals surface area contributed by atoms with Gasteiger partial charge in [-0.2, -0.15) is 6.66 Å². The van der Waals surface area contributed by atoms with Gasteiger partial charge in [-0.05, 0) is 54.7 Å². The van der Waals surface area contributed by atoms with Crippen molar-refractivity contribution in [3.63, 3.8) is 0 Å². The van der Waals surface area contributed by atoms with E-state index in [-0.39, 0.29) is 0 Å². The lowest BCUT2D eigenvalue weighted by Gasteiger charge is -2.51. The molecule has 0 aromatic heterocycles. The largest absolute Gasteiger partial charge is 0.158 e. The number of rotatable bonds is 9. The van der Waals surface area contributed by atoms with Crippen molar-refractivity contribution in [2.75, 3.05) is 6.54 Å². The van der Waals surface area contributed by atoms with E-state index >= 15 is 0 Å². The summed E-state index contributed by atoms with van der Waals surface area (Å²) in [7, 11) is -3.93. The van der Waals surface area contributed by atoms with Crippen molar-refractivity contribution in [2.24, 2.45) is 0 Å². The van der Waals surface area contributed by atoms with Gasteiger partial charge < -0.3 is 0 Å². The lowest BCUT2D eigenvalue weighted by atomic mass is 10.00. The maximum absolute atomic E-state index is 5.28. The van der Waals surface area contributed by atoms with E-state index in [0.717, 1.165) is 19.4 Å². The number of hydrogen-bond donors (Lipinski definition) is 0. The fraction of sp³-hybridized carbons (Fsp3) is 0.333. The molecule has 0 aliphatic carbocycles. The second-order valence-corrected chi connectivity index (χ2v) is 16.1. The molecule has 3 atom stereocenters. The van der Waals surface area contributed by atoms with E-state index in [1.807, 2.05) is 0 Å². The second-order valence-electron chi connectivity index (χ2n) is 9.25. The molecule has 1 unspecified atom stereocenters. The molecule has 174 valence electrons. The van der Waals surface area contributed by atoms with Crippen LogP contribution in [-0.4, -0.2) is 11.0 Å². The fourth-order valence-electron chi connectivity index (χ4n) is 5.92. The molecule has 33 heavy (non-hydrogen) atoms. The quantitative estimate of drug-likeness (QED) is 0.221. The first-order valence-electron chi connectivity index (χ1n) is 12.5. The van der Waals surface area contributed by atoms with Gasteiger partial charge in [0.15, 0.2) is 0 Å². The van der Waals surface area contributed by atoms with E-state index in [0.29, 0.717) is 11.3 Å². The molecular weight excluding hydrogens is 436 g/mol. The maximum atomic E-state index is 5.28. The number of unbranched alkanes of at least 4 members (excludes halogenated alkanes) is 1. The molecule has 1 nitrogen and oxygen atoms in total. The highest BCUT2D eigenvalue weighted by molar-refractivity contribution is 7.97. The molecule has 0 N–H and O–H groups in total. The van der Waals surface area contributed by atoms with Crippen molar-refractivity contribution in [2.45, 2.75) is 57.8 Å². The minimum atomic E-state index is -2.09. The Kier molecular flexibility index (Phi) is 7.75. The first-order valence-corrected chi connectivity index (χ1v) is 16.5. The number of hydrogen-bond acceptors (Lipinski definition) is 1. The van der Waals surface area contributed by atoms with E-state index < -0.39 is 14.8 Å². The summed E-state index contributed by atoms with van der Waals surface area (Å²) < 4.78 is 2.91. The first-order chi connectivity index (χ1) is 16.0. The van der Waals surface area contributed by atoms with Crippen molar-refractivity contribution in [3.8, 4) is 0 Å². The Morgan fingerprint density at radius 2 is 1.15 bits per heavy atom. The number of nitrogens with zero attached hydrogens (tertiary/aromatic N) is 1. The average molecular weight is 476 g/mol. The van der Waals surface area contributed by atoms with Gasteiger partial charge >= 0.3 is 0 Å². The SMILES string of the molecule is [CH2-][P+](c1ccccc1)(c1ccccc1)N(CCCC)[P+]1([CH2-])[C@H](CC)c2ccccc2[C@@H]1CC. The fourth-order valence-corrected chi connectivity index (χ4v) is 16.5. The summed E-state index contributed by atoms with van der Waals surface area (Å²) in [5.41, 5.74) is 4.10. The van der Waals surface area contributed by atoms with Gasteiger partial charge in [0.1, 0.15) is 0 Å². The highest BCUT2D eigenvalue weighted by Gasteiger charge is 2.60. The summed E-state index contributed by atoms with van der Waals surface area (Å²) in [5.74, 6) is 0. The Hall–Kier alpha value is -1.52. The average Bonchev–Trinajstić information content (AvgIpc) is 3.12. The van der Waals surface area contributed by atoms with Crippen molar-refractivity contribution in [1.82, 2.24) is 4.44 Å². The number of fused-ring (bicyclic) bond motifs is 1. The minimum absolute atomic E-state index is 0.504. The van der Waals surface area contributed by atoms with Gasteiger partial charge in [-0.25, -0.2) is 0 Å². The summed E-state index contributed by atoms with van der Waals surface area (Å²) in [6.45, 7) is 18.6. The molecule has 0 spiro atoms. The van der Waals surface area contributed by atoms with Gasteiger partial charge in [-0.15, -0.1) is 11.1 Å². The standard InChI is InChI=1S/C30H39NP2/c1-6-9-24-31(32(4,25-18-12-10-13-19-25)26-20-14-11-15-21-26)33(5)29(7-2)27-22-16-17-23-28(27)30(33)8-3/h10-23,29-30H,4-9,24H2,1-3H3/t29-,30+,33?. The molecule has 4 rings (SSSR count). The summed E-state index contributed by atoms with van der Waals surface area (Å²) >= 11 is 0. The highest BCUT2D eigenvalue weighted by atomic mass is 31.2. The predicted octanol–water partition coefficient (Wildman–Crippen LogP) is 8.80. The lowest BCUT2D eigenvalue weighted by Crippen LogP contribution is -2.37. The smallest absolute Gasteiger partial charge is 0.0906 e. The van der Waals surface area contributed by atoms with Crippen LogP contribution in [0.4, 0.5) is 0 Å². The molecule has 0 saturated carbocycles. The highest BCUT2D eigenvalue weighted by Crippen LogP contribution is 2.91. The third-order valence-electron chi connectivity index (χ3n) is 7.47. The van der Waals surface area contributed by atoms with Gasteiger partial charge in [0.05, 0.1) is 35.9 Å². The molecule has 0 fully saturated rings. The van der Waals surface area contributed by atoms with Crippen LogP contribution in [0.1, 0.15) is 68.9 Å². The Bertz CT molecular complexity index is 963. The second kappa shape index (κ2) is 10.4. The van der Waals surface area contributed by atoms with Gasteiger partial charge in [0.25, 0.3) is 0 Å². The Labute approximate surface area is 203 Å². The minimum Gasteiger partial charge on any atom is -0.158 e. The Morgan fingerprint density at radius 1 is 0.727 bits per heavy atom. The van der Waals surface area contributed by atoms with Crippen LogP contribution >= 0.6 is 14.8 Å². The number of benzene rings is 3. The van der Waals surface area contributed by atoms with E-state index in [1.165, 1.54) is 23.5 Å². The third-order valence-corrected chi connectivity index (χ3v) is 17.2. The van der Waals surface area contributed by atoms with Crippen LogP contribution in [-0.2, 0) is 0 Å². The van der Waals surface area contributed by atoms with E-state index in [2.05, 4.69) is 110 Å². The molecule has 1 aliphatic heterocycles. The third kappa shape index (κ3) is 4.12. The first kappa shape index (κ1) is 24.6. The molecule has 1 heterocycles. The van der Waals surface area contributed by atoms with E-state index in [9.17, 15) is 0 Å². The van der Waals surface area contributed by atoms with Crippen LogP contribution in [0.15, 0.2) is 84.9 Å². The molecular formula is C30H39NP2. The predicted molar refractivity (Wildman–Crippen MR) is 151 cm³/mol. The Balaban J connectivity index is 1.98. The molecule has 0 amide bonds. The van der Waals surface area contributed by atoms with Gasteiger partial charge in [0, 0.05) is 7.41 Å². The molecule has 3 heteroatoms. The molecule has 1 aliphatic rings. The molecule has 3 aromatic rings. The van der Waals surface area contributed by atoms with Gasteiger partial charge in [-0.3, -0.25) is 0 Å². The normalized spacial score (nSPS) is 22.5. The van der Waals surface area contributed by atoms with Gasteiger partial charge in [-0.1, -0.05) is 87.9 Å². The zero-order chi connectivity index (χ0) is 23.5. The summed E-state index contributed by atoms with van der Waals surface area (Å²) in [6.07, 6.45) is 4.63. The maximum Gasteiger partial charge on any atom is 0.0906 e. The van der Waals surface area contributed by atoms with Crippen LogP contribution in [0.25, 0.3) is 0 Å². The van der Waals surface area contributed by atoms with Crippen LogP contribution in [0.3, 0.4) is 0 Å². The van der Waals surface area contributed by atoms with Gasteiger partial charge in [0.2, 0.25) is 0 Å². The summed E-state index contributed by atoms with van der Waals surface area (Å²) in [4.78, 5) is 0. The topological polar surface area (TPSA) is 3.24 Å². The Morgan fingerprint density at radius 3 is 1.55 bits per heavy atom. The lowest BCUT2D eigenvalue weighted by molar-refractivity contribution is 0.610. The van der Waals surface area contributed by atoms with Crippen molar-refractivity contribution < 1.29 is 0 Å². The van der Waals surface area contributed by atoms with Crippen molar-refractivity contribution in [3.05, 3.63) is 109 Å². The van der Waals surface area contributed by atoms with Crippen LogP contribution in [0, 0.1) is 13.3 Å². The summed E-state index contributed by atoms with van der Waals surface area (Å²) in [6, 6.07) is 31.4. The zero-order valence-corrected chi connectivity index (χ0v) is 22.3. The monoisotopic (exact) mass is 475 g/mol. The van der Waals surface area contributed by atoms with E-state index in [1.54, 1.807) is 11.1 Å². The van der Waals surface area contributed by atoms with Crippen LogP contribution in [0.2, 0.25) is 0 Å². The molecule has 3 aromatic carbocycles. The molecule has 0 saturated heterocycles. The van der Waals surface area contributed by atoms with Crippen molar-refractivity contribution in [1.29, 1.82) is 0 Å². The van der Waals surface area contributed by atoms with Crippen molar-refractivity contribution >= 4 is 25.4 Å². The van der Waals surface area contributed by atoms with Crippen LogP contribution in [0.5, 0.6) is 0 Å². The molecule has 0 bridgehead atoms. The van der Waals surface area contributed by atoms with E-state index in [4.69, 9.17) is 13.3 Å². The summed E-state index contributed by atoms with van der Waals surface area (Å²) in [5, 5.41) is 2.74.